The molecule has 11 heavy (non-hydrogen) atoms. The lowest BCUT2D eigenvalue weighted by atomic mass is 10.2. The van der Waals surface area contributed by atoms with Crippen LogP contribution in [-0.2, 0) is 4.79 Å². The van der Waals surface area contributed by atoms with E-state index in [1.807, 2.05) is 0 Å². The lowest BCUT2D eigenvalue weighted by molar-refractivity contribution is -0.110. The molecule has 1 heterocycles. The molecule has 2 nitrogen and oxygen atoms in total. The van der Waals surface area contributed by atoms with E-state index in [-0.39, 0.29) is 0 Å². The van der Waals surface area contributed by atoms with Crippen LogP contribution in [0.2, 0.25) is 0 Å². The van der Waals surface area contributed by atoms with E-state index < -0.39 is 0 Å². The highest BCUT2D eigenvalue weighted by Gasteiger charge is 2.11. The molecule has 0 aliphatic carbocycles. The van der Waals surface area contributed by atoms with Gasteiger partial charge in [-0.1, -0.05) is 20.8 Å². The largest absolute Gasteiger partial charge is 0.316 e. The minimum Gasteiger partial charge on any atom is -0.316 e. The average molecular weight is 157 g/mol. The van der Waals surface area contributed by atoms with E-state index in [2.05, 4.69) is 26.1 Å². The Morgan fingerprint density at radius 3 is 2.18 bits per heavy atom. The molecule has 1 rings (SSSR count). The molecule has 0 aromatic rings. The van der Waals surface area contributed by atoms with Gasteiger partial charge in [0.15, 0.2) is 0 Å². The van der Waals surface area contributed by atoms with Crippen LogP contribution in [0.5, 0.6) is 0 Å². The molecule has 1 fully saturated rings. The van der Waals surface area contributed by atoms with Crippen LogP contribution in [-0.4, -0.2) is 19.4 Å². The van der Waals surface area contributed by atoms with Gasteiger partial charge in [-0.25, -0.2) is 0 Å². The zero-order valence-electron chi connectivity index (χ0n) is 7.76. The molecule has 0 bridgehead atoms. The van der Waals surface area contributed by atoms with Gasteiger partial charge < -0.3 is 10.1 Å². The minimum atomic E-state index is 0.306. The van der Waals surface area contributed by atoms with Gasteiger partial charge in [0.1, 0.15) is 6.29 Å². The number of carbonyl (C=O) groups is 1. The number of rotatable bonds is 1. The van der Waals surface area contributed by atoms with Gasteiger partial charge >= 0.3 is 0 Å². The minimum absolute atomic E-state index is 0.306. The van der Waals surface area contributed by atoms with Crippen LogP contribution in [0.25, 0.3) is 0 Å². The molecule has 0 aromatic heterocycles. The molecule has 0 saturated carbocycles. The molecule has 0 radical (unpaired) electrons. The van der Waals surface area contributed by atoms with Crippen molar-refractivity contribution in [3.8, 4) is 0 Å². The monoisotopic (exact) mass is 157 g/mol. The molecule has 0 aromatic carbocycles. The highest BCUT2D eigenvalue weighted by atomic mass is 16.1. The van der Waals surface area contributed by atoms with E-state index in [9.17, 15) is 4.79 Å². The standard InChI is InChI=1S/C5H9NO.C4H10/c7-4-5-1-2-6-3-5;1-4(2)3/h4-6H,1-3H2;4H,1-3H3. The van der Waals surface area contributed by atoms with Gasteiger partial charge in [0.25, 0.3) is 0 Å². The van der Waals surface area contributed by atoms with Crippen LogP contribution in [0.4, 0.5) is 0 Å². The summed E-state index contributed by atoms with van der Waals surface area (Å²) in [5, 5.41) is 3.09. The number of hydrogen-bond acceptors (Lipinski definition) is 2. The van der Waals surface area contributed by atoms with Crippen molar-refractivity contribution in [3.05, 3.63) is 0 Å². The first-order valence-corrected chi connectivity index (χ1v) is 4.32. The van der Waals surface area contributed by atoms with Gasteiger partial charge in [-0.3, -0.25) is 0 Å². The second kappa shape index (κ2) is 6.35. The van der Waals surface area contributed by atoms with Crippen molar-refractivity contribution >= 4 is 6.29 Å². The van der Waals surface area contributed by atoms with Gasteiger partial charge in [0, 0.05) is 12.5 Å². The fourth-order valence-corrected chi connectivity index (χ4v) is 0.793. The van der Waals surface area contributed by atoms with E-state index in [1.165, 1.54) is 0 Å². The number of nitrogens with one attached hydrogen (secondary N) is 1. The Morgan fingerprint density at radius 1 is 1.45 bits per heavy atom. The van der Waals surface area contributed by atoms with Crippen molar-refractivity contribution in [1.29, 1.82) is 0 Å². The summed E-state index contributed by atoms with van der Waals surface area (Å²) in [5.74, 6) is 1.14. The summed E-state index contributed by atoms with van der Waals surface area (Å²) in [6.45, 7) is 8.41. The van der Waals surface area contributed by atoms with Crippen molar-refractivity contribution in [1.82, 2.24) is 5.32 Å². The first-order valence-electron chi connectivity index (χ1n) is 4.32. The number of hydrogen-bond donors (Lipinski definition) is 1. The maximum absolute atomic E-state index is 9.97. The summed E-state index contributed by atoms with van der Waals surface area (Å²) < 4.78 is 0. The summed E-state index contributed by atoms with van der Waals surface area (Å²) in [5.41, 5.74) is 0. The van der Waals surface area contributed by atoms with Gasteiger partial charge in [-0.15, -0.1) is 0 Å². The van der Waals surface area contributed by atoms with Crippen LogP contribution in [0, 0.1) is 11.8 Å². The maximum Gasteiger partial charge on any atom is 0.124 e. The predicted octanol–water partition coefficient (Wildman–Crippen LogP) is 1.46. The van der Waals surface area contributed by atoms with Crippen molar-refractivity contribution in [2.45, 2.75) is 27.2 Å². The third-order valence-corrected chi connectivity index (χ3v) is 1.29. The Labute approximate surface area is 69.4 Å². The Balaban J connectivity index is 0.000000218. The molecule has 1 unspecified atom stereocenters. The van der Waals surface area contributed by atoms with Gasteiger partial charge in [0.05, 0.1) is 0 Å². The van der Waals surface area contributed by atoms with Crippen LogP contribution >= 0.6 is 0 Å². The molecule has 0 spiro atoms. The van der Waals surface area contributed by atoms with Crippen LogP contribution < -0.4 is 5.32 Å². The Hall–Kier alpha value is -0.370. The molecule has 66 valence electrons. The lowest BCUT2D eigenvalue weighted by Crippen LogP contribution is -2.09. The summed E-state index contributed by atoms with van der Waals surface area (Å²) in [6, 6.07) is 0. The molecule has 1 saturated heterocycles. The number of aldehydes is 1. The highest BCUT2D eigenvalue weighted by molar-refractivity contribution is 5.54. The third-order valence-electron chi connectivity index (χ3n) is 1.29. The molecule has 1 N–H and O–H groups in total. The normalized spacial score (nSPS) is 22.7. The van der Waals surface area contributed by atoms with E-state index in [0.717, 1.165) is 31.7 Å². The summed E-state index contributed by atoms with van der Waals surface area (Å²) >= 11 is 0. The van der Waals surface area contributed by atoms with Crippen molar-refractivity contribution in [2.24, 2.45) is 11.8 Å². The molecule has 2 heteroatoms. The average Bonchev–Trinajstić information content (AvgIpc) is 2.36. The molecular formula is C9H19NO. The molecule has 1 atom stereocenters. The molecule has 1 aliphatic rings. The Morgan fingerprint density at radius 2 is 2.00 bits per heavy atom. The first-order chi connectivity index (χ1) is 5.16. The second-order valence-corrected chi connectivity index (χ2v) is 3.62. The zero-order valence-corrected chi connectivity index (χ0v) is 7.76. The molecule has 0 amide bonds. The Bertz CT molecular complexity index is 93.0. The number of carbonyl (C=O) groups excluding carboxylic acids is 1. The third kappa shape index (κ3) is 7.53. The Kier molecular flexibility index (Phi) is 6.13. The smallest absolute Gasteiger partial charge is 0.124 e. The SMILES string of the molecule is CC(C)C.O=CC1CCNC1. The summed E-state index contributed by atoms with van der Waals surface area (Å²) in [4.78, 5) is 9.97. The van der Waals surface area contributed by atoms with Crippen LogP contribution in [0.15, 0.2) is 0 Å². The van der Waals surface area contributed by atoms with Gasteiger partial charge in [-0.2, -0.15) is 0 Å². The second-order valence-electron chi connectivity index (χ2n) is 3.62. The van der Waals surface area contributed by atoms with Crippen molar-refractivity contribution < 1.29 is 4.79 Å². The van der Waals surface area contributed by atoms with E-state index >= 15 is 0 Å². The highest BCUT2D eigenvalue weighted by Crippen LogP contribution is 2.01. The zero-order chi connectivity index (χ0) is 8.69. The summed E-state index contributed by atoms with van der Waals surface area (Å²) in [7, 11) is 0. The molecular weight excluding hydrogens is 138 g/mol. The van der Waals surface area contributed by atoms with Gasteiger partial charge in [0.2, 0.25) is 0 Å². The van der Waals surface area contributed by atoms with Crippen LogP contribution in [0.1, 0.15) is 27.2 Å². The fourth-order valence-electron chi connectivity index (χ4n) is 0.793. The van der Waals surface area contributed by atoms with Gasteiger partial charge in [-0.05, 0) is 18.9 Å². The van der Waals surface area contributed by atoms with E-state index in [1.54, 1.807) is 0 Å². The van der Waals surface area contributed by atoms with E-state index in [0.29, 0.717) is 5.92 Å². The fraction of sp³-hybridized carbons (Fsp3) is 0.889. The van der Waals surface area contributed by atoms with Crippen molar-refractivity contribution in [2.75, 3.05) is 13.1 Å². The predicted molar refractivity (Wildman–Crippen MR) is 47.6 cm³/mol. The molecule has 1 aliphatic heterocycles. The lowest BCUT2D eigenvalue weighted by Gasteiger charge is -1.89. The quantitative estimate of drug-likeness (QED) is 0.584. The van der Waals surface area contributed by atoms with E-state index in [4.69, 9.17) is 0 Å². The first kappa shape index (κ1) is 10.6. The summed E-state index contributed by atoms with van der Waals surface area (Å²) in [6.07, 6.45) is 2.06. The van der Waals surface area contributed by atoms with Crippen LogP contribution in [0.3, 0.4) is 0 Å². The maximum atomic E-state index is 9.97. The van der Waals surface area contributed by atoms with Crippen molar-refractivity contribution in [3.63, 3.8) is 0 Å². The topological polar surface area (TPSA) is 29.1 Å².